The van der Waals surface area contributed by atoms with Gasteiger partial charge >= 0.3 is 0 Å². The molecule has 3 aromatic rings. The first-order valence-corrected chi connectivity index (χ1v) is 9.36. The summed E-state index contributed by atoms with van der Waals surface area (Å²) in [6.45, 7) is 1.70. The van der Waals surface area contributed by atoms with Crippen molar-refractivity contribution >= 4 is 23.3 Å². The molecule has 1 N–H and O–H groups in total. The smallest absolute Gasteiger partial charge is 0.269 e. The number of ether oxygens (including phenoxy) is 1. The monoisotopic (exact) mass is 407 g/mol. The van der Waals surface area contributed by atoms with Gasteiger partial charge < -0.3 is 10.1 Å². The van der Waals surface area contributed by atoms with E-state index in [1.165, 1.54) is 4.90 Å². The molecule has 1 aromatic carbocycles. The molecule has 4 rings (SSSR count). The molecule has 1 aliphatic heterocycles. The average molecular weight is 407 g/mol. The first-order chi connectivity index (χ1) is 14.5. The Labute approximate surface area is 171 Å². The summed E-state index contributed by atoms with van der Waals surface area (Å²) in [6.07, 6.45) is 3.37. The third-order valence-corrected chi connectivity index (χ3v) is 4.54. The van der Waals surface area contributed by atoms with Gasteiger partial charge in [-0.2, -0.15) is 0 Å². The van der Waals surface area contributed by atoms with Crippen LogP contribution in [0.15, 0.2) is 55.0 Å². The number of pyridine rings is 1. The van der Waals surface area contributed by atoms with Crippen LogP contribution in [0, 0.1) is 5.82 Å². The molecule has 0 aliphatic carbocycles. The predicted molar refractivity (Wildman–Crippen MR) is 107 cm³/mol. The second kappa shape index (κ2) is 8.24. The van der Waals surface area contributed by atoms with Crippen molar-refractivity contribution < 1.29 is 18.7 Å². The molecule has 30 heavy (non-hydrogen) atoms. The number of fused-ring (bicyclic) bond motifs is 1. The number of carbonyl (C=O) groups excluding carboxylic acids is 2. The number of nitrogens with one attached hydrogen (secondary N) is 1. The van der Waals surface area contributed by atoms with Crippen LogP contribution in [0.5, 0.6) is 5.75 Å². The molecule has 0 saturated heterocycles. The lowest BCUT2D eigenvalue weighted by molar-refractivity contribution is -0.127. The van der Waals surface area contributed by atoms with Gasteiger partial charge in [0, 0.05) is 11.8 Å². The molecule has 0 radical (unpaired) electrons. The Balaban J connectivity index is 1.51. The van der Waals surface area contributed by atoms with Crippen molar-refractivity contribution in [2.24, 2.45) is 0 Å². The van der Waals surface area contributed by atoms with Crippen molar-refractivity contribution in [2.45, 2.75) is 19.4 Å². The Bertz CT molecular complexity index is 1070. The summed E-state index contributed by atoms with van der Waals surface area (Å²) < 4.78 is 18.9. The van der Waals surface area contributed by atoms with E-state index in [0.717, 1.165) is 12.4 Å². The molecule has 3 heterocycles. The normalized spacial score (nSPS) is 13.9. The number of hydrogen-bond donors (Lipinski definition) is 1. The minimum atomic E-state index is -0.793. The molecule has 0 spiro atoms. The fourth-order valence-corrected chi connectivity index (χ4v) is 3.09. The number of amides is 2. The maximum absolute atomic E-state index is 13.1. The van der Waals surface area contributed by atoms with Gasteiger partial charge in [0.1, 0.15) is 12.3 Å². The largest absolute Gasteiger partial charge is 0.481 e. The molecule has 2 amide bonds. The van der Waals surface area contributed by atoms with Crippen LogP contribution in [0.3, 0.4) is 0 Å². The lowest BCUT2D eigenvalue weighted by Crippen LogP contribution is -2.48. The van der Waals surface area contributed by atoms with Gasteiger partial charge in [-0.3, -0.25) is 14.5 Å². The van der Waals surface area contributed by atoms with Crippen LogP contribution in [0.2, 0.25) is 0 Å². The Hall–Kier alpha value is -3.88. The third kappa shape index (κ3) is 3.95. The molecule has 2 aromatic heterocycles. The molecule has 1 unspecified atom stereocenters. The van der Waals surface area contributed by atoms with Gasteiger partial charge in [-0.1, -0.05) is 6.92 Å². The van der Waals surface area contributed by atoms with Gasteiger partial charge in [-0.05, 0) is 42.8 Å². The number of benzene rings is 1. The molecule has 152 valence electrons. The van der Waals surface area contributed by atoms with Gasteiger partial charge in [0.05, 0.1) is 18.1 Å². The van der Waals surface area contributed by atoms with E-state index in [-0.39, 0.29) is 18.4 Å². The van der Waals surface area contributed by atoms with Crippen molar-refractivity contribution in [1.82, 2.24) is 15.0 Å². The zero-order valence-corrected chi connectivity index (χ0v) is 16.1. The van der Waals surface area contributed by atoms with Crippen LogP contribution in [0.1, 0.15) is 13.3 Å². The second-order valence-corrected chi connectivity index (χ2v) is 6.61. The highest BCUT2D eigenvalue weighted by atomic mass is 19.1. The molecular weight excluding hydrogens is 389 g/mol. The Kier molecular flexibility index (Phi) is 5.34. The van der Waals surface area contributed by atoms with Crippen LogP contribution in [-0.2, 0) is 9.59 Å². The number of hydrogen-bond acceptors (Lipinski definition) is 6. The number of nitrogens with zero attached hydrogens (tertiary/aromatic N) is 4. The number of carbonyl (C=O) groups is 2. The Morgan fingerprint density at radius 1 is 1.20 bits per heavy atom. The van der Waals surface area contributed by atoms with E-state index in [1.54, 1.807) is 42.6 Å². The third-order valence-electron chi connectivity index (χ3n) is 4.54. The van der Waals surface area contributed by atoms with Crippen molar-refractivity contribution in [1.29, 1.82) is 0 Å². The van der Waals surface area contributed by atoms with Crippen molar-refractivity contribution in [2.75, 3.05) is 16.8 Å². The van der Waals surface area contributed by atoms with E-state index in [1.807, 2.05) is 6.92 Å². The molecule has 9 heteroatoms. The summed E-state index contributed by atoms with van der Waals surface area (Å²) in [5.41, 5.74) is 1.17. The zero-order valence-electron chi connectivity index (χ0n) is 16.1. The lowest BCUT2D eigenvalue weighted by Gasteiger charge is -2.30. The first-order valence-electron chi connectivity index (χ1n) is 9.36. The number of rotatable bonds is 5. The van der Waals surface area contributed by atoms with Crippen molar-refractivity contribution in [3.8, 4) is 17.1 Å². The quantitative estimate of drug-likeness (QED) is 0.699. The highest BCUT2D eigenvalue weighted by Crippen LogP contribution is 2.28. The zero-order chi connectivity index (χ0) is 21.1. The van der Waals surface area contributed by atoms with Crippen LogP contribution < -0.4 is 15.0 Å². The number of anilines is 2. The van der Waals surface area contributed by atoms with E-state index in [4.69, 9.17) is 4.74 Å². The highest BCUT2D eigenvalue weighted by molar-refractivity contribution is 6.10. The highest BCUT2D eigenvalue weighted by Gasteiger charge is 2.33. The molecule has 0 bridgehead atoms. The molecule has 0 saturated carbocycles. The molecule has 1 atom stereocenters. The fourth-order valence-electron chi connectivity index (χ4n) is 3.09. The van der Waals surface area contributed by atoms with Gasteiger partial charge in [-0.25, -0.2) is 19.3 Å². The standard InChI is InChI=1S/C21H18FN5O3/c1-2-17(21(29)27-12-18(28)26-16-4-3-9-23-20(16)27)30-15-7-5-13(6-8-15)19-24-10-14(22)11-25-19/h3-11,17H,2,12H2,1H3,(H,26,28). The molecular formula is C21H18FN5O3. The summed E-state index contributed by atoms with van der Waals surface area (Å²) in [6, 6.07) is 10.2. The van der Waals surface area contributed by atoms with Crippen LogP contribution in [0.25, 0.3) is 11.4 Å². The topological polar surface area (TPSA) is 97.3 Å². The van der Waals surface area contributed by atoms with Crippen LogP contribution in [0.4, 0.5) is 15.9 Å². The van der Waals surface area contributed by atoms with Crippen molar-refractivity contribution in [3.63, 3.8) is 0 Å². The summed E-state index contributed by atoms with van der Waals surface area (Å²) in [5.74, 6) is 0.107. The lowest BCUT2D eigenvalue weighted by atomic mass is 10.2. The minimum Gasteiger partial charge on any atom is -0.481 e. The molecule has 0 fully saturated rings. The second-order valence-electron chi connectivity index (χ2n) is 6.61. The molecule has 1 aliphatic rings. The Morgan fingerprint density at radius 2 is 1.93 bits per heavy atom. The maximum Gasteiger partial charge on any atom is 0.269 e. The van der Waals surface area contributed by atoms with Gasteiger partial charge in [0.2, 0.25) is 5.91 Å². The summed E-state index contributed by atoms with van der Waals surface area (Å²) in [5, 5.41) is 2.71. The Morgan fingerprint density at radius 3 is 2.63 bits per heavy atom. The van der Waals surface area contributed by atoms with Crippen molar-refractivity contribution in [3.05, 3.63) is 60.8 Å². The predicted octanol–water partition coefficient (Wildman–Crippen LogP) is 2.82. The minimum absolute atomic E-state index is 0.121. The van der Waals surface area contributed by atoms with Crippen LogP contribution >= 0.6 is 0 Å². The van der Waals surface area contributed by atoms with E-state index < -0.39 is 11.9 Å². The summed E-state index contributed by atoms with van der Waals surface area (Å²) >= 11 is 0. The van der Waals surface area contributed by atoms with Gasteiger partial charge in [0.15, 0.2) is 23.6 Å². The van der Waals surface area contributed by atoms with E-state index >= 15 is 0 Å². The number of aromatic nitrogens is 3. The SMILES string of the molecule is CCC(Oc1ccc(-c2ncc(F)cn2)cc1)C(=O)N1CC(=O)Nc2cccnc21. The fraction of sp³-hybridized carbons (Fsp3) is 0.190. The first kappa shape index (κ1) is 19.4. The summed E-state index contributed by atoms with van der Waals surface area (Å²) in [7, 11) is 0. The van der Waals surface area contributed by atoms with E-state index in [0.29, 0.717) is 35.1 Å². The van der Waals surface area contributed by atoms with Gasteiger partial charge in [0.25, 0.3) is 5.91 Å². The average Bonchev–Trinajstić information content (AvgIpc) is 2.77. The number of halogens is 1. The molecule has 8 nitrogen and oxygen atoms in total. The van der Waals surface area contributed by atoms with E-state index in [9.17, 15) is 14.0 Å². The maximum atomic E-state index is 13.1. The van der Waals surface area contributed by atoms with Crippen LogP contribution in [-0.4, -0.2) is 39.4 Å². The van der Waals surface area contributed by atoms with Gasteiger partial charge in [-0.15, -0.1) is 0 Å². The van der Waals surface area contributed by atoms with E-state index in [2.05, 4.69) is 20.3 Å². The summed E-state index contributed by atoms with van der Waals surface area (Å²) in [4.78, 5) is 38.5.